The van der Waals surface area contributed by atoms with Crippen LogP contribution in [0.2, 0.25) is 0 Å². The van der Waals surface area contributed by atoms with Gasteiger partial charge in [-0.25, -0.2) is 4.98 Å². The summed E-state index contributed by atoms with van der Waals surface area (Å²) in [6, 6.07) is 0.333. The van der Waals surface area contributed by atoms with Gasteiger partial charge in [-0.15, -0.1) is 0 Å². The van der Waals surface area contributed by atoms with E-state index in [4.69, 9.17) is 4.74 Å². The smallest absolute Gasteiger partial charge is 0.372 e. The Labute approximate surface area is 123 Å². The molecule has 0 amide bonds. The average molecular weight is 295 g/mol. The van der Waals surface area contributed by atoms with Crippen molar-refractivity contribution in [1.29, 1.82) is 0 Å². The summed E-state index contributed by atoms with van der Waals surface area (Å²) in [7, 11) is 1.37. The van der Waals surface area contributed by atoms with Gasteiger partial charge in [0.15, 0.2) is 0 Å². The number of anilines is 1. The van der Waals surface area contributed by atoms with Crippen molar-refractivity contribution < 1.29 is 9.66 Å². The molecule has 1 aliphatic rings. The highest BCUT2D eigenvalue weighted by atomic mass is 16.6. The van der Waals surface area contributed by atoms with Gasteiger partial charge in [0.05, 0.1) is 12.0 Å². The molecule has 0 spiro atoms. The molecule has 1 atom stereocenters. The van der Waals surface area contributed by atoms with Crippen LogP contribution in [0.1, 0.15) is 26.2 Å². The minimum Gasteiger partial charge on any atom is -0.476 e. The van der Waals surface area contributed by atoms with Gasteiger partial charge >= 0.3 is 5.69 Å². The Morgan fingerprint density at radius 1 is 1.52 bits per heavy atom. The second kappa shape index (κ2) is 7.16. The number of ether oxygens (including phenoxy) is 1. The lowest BCUT2D eigenvalue weighted by Gasteiger charge is -2.30. The van der Waals surface area contributed by atoms with Gasteiger partial charge in [0.25, 0.3) is 5.88 Å². The average Bonchev–Trinajstić information content (AvgIpc) is 2.52. The number of nitro groups is 1. The Bertz CT molecular complexity index is 491. The molecule has 116 valence electrons. The predicted molar refractivity (Wildman–Crippen MR) is 78.8 cm³/mol. The van der Waals surface area contributed by atoms with Crippen LogP contribution in [0.25, 0.3) is 0 Å². The lowest BCUT2D eigenvalue weighted by molar-refractivity contribution is -0.385. The van der Waals surface area contributed by atoms with E-state index in [1.807, 2.05) is 11.8 Å². The molecule has 0 saturated carbocycles. The van der Waals surface area contributed by atoms with Crippen LogP contribution in [0, 0.1) is 10.1 Å². The number of methoxy groups -OCH3 is 1. The van der Waals surface area contributed by atoms with Crippen molar-refractivity contribution in [2.24, 2.45) is 0 Å². The first kappa shape index (κ1) is 15.4. The maximum absolute atomic E-state index is 11.3. The summed E-state index contributed by atoms with van der Waals surface area (Å²) in [5.74, 6) is 0.321. The zero-order valence-corrected chi connectivity index (χ0v) is 12.4. The minimum absolute atomic E-state index is 0.0000494. The highest BCUT2D eigenvalue weighted by molar-refractivity contribution is 5.62. The quantitative estimate of drug-likeness (QED) is 0.625. The topological polar surface area (TPSA) is 93.4 Å². The van der Waals surface area contributed by atoms with Crippen molar-refractivity contribution in [1.82, 2.24) is 15.3 Å². The molecule has 21 heavy (non-hydrogen) atoms. The number of hydrogen-bond acceptors (Lipinski definition) is 7. The van der Waals surface area contributed by atoms with E-state index in [0.717, 1.165) is 13.0 Å². The predicted octanol–water partition coefficient (Wildman–Crippen LogP) is 1.36. The number of likely N-dealkylation sites (N-methyl/N-ethyl adjacent to an activating group) is 1. The molecule has 1 fully saturated rings. The summed E-state index contributed by atoms with van der Waals surface area (Å²) in [6.07, 6.45) is 4.75. The molecule has 1 unspecified atom stereocenters. The third-order valence-electron chi connectivity index (χ3n) is 3.68. The van der Waals surface area contributed by atoms with Gasteiger partial charge in [-0.2, -0.15) is 4.98 Å². The van der Waals surface area contributed by atoms with Crippen molar-refractivity contribution in [3.05, 3.63) is 16.4 Å². The highest BCUT2D eigenvalue weighted by Crippen LogP contribution is 2.33. The molecular formula is C13H21N5O3. The van der Waals surface area contributed by atoms with Crippen LogP contribution < -0.4 is 15.0 Å². The first-order valence-electron chi connectivity index (χ1n) is 7.19. The molecule has 1 N–H and O–H groups in total. The van der Waals surface area contributed by atoms with Crippen molar-refractivity contribution in [2.75, 3.05) is 31.6 Å². The number of piperidine rings is 1. The molecule has 0 aliphatic carbocycles. The van der Waals surface area contributed by atoms with E-state index in [1.165, 1.54) is 26.3 Å². The van der Waals surface area contributed by atoms with E-state index >= 15 is 0 Å². The third-order valence-corrected chi connectivity index (χ3v) is 3.68. The lowest BCUT2D eigenvalue weighted by atomic mass is 10.0. The lowest BCUT2D eigenvalue weighted by Crippen LogP contribution is -2.44. The second-order valence-corrected chi connectivity index (χ2v) is 5.00. The van der Waals surface area contributed by atoms with Crippen molar-refractivity contribution in [3.8, 4) is 5.88 Å². The number of aromatic nitrogens is 2. The van der Waals surface area contributed by atoms with E-state index in [0.29, 0.717) is 24.9 Å². The van der Waals surface area contributed by atoms with Crippen LogP contribution in [0.3, 0.4) is 0 Å². The molecule has 0 bridgehead atoms. The molecule has 2 heterocycles. The molecule has 2 rings (SSSR count). The van der Waals surface area contributed by atoms with Crippen LogP contribution >= 0.6 is 0 Å². The van der Waals surface area contributed by atoms with Crippen LogP contribution in [0.5, 0.6) is 5.88 Å². The number of hydrogen-bond donors (Lipinski definition) is 1. The number of rotatable bonds is 6. The normalized spacial score (nSPS) is 18.3. The van der Waals surface area contributed by atoms with Crippen LogP contribution in [0.4, 0.5) is 11.5 Å². The van der Waals surface area contributed by atoms with Gasteiger partial charge in [0.1, 0.15) is 6.33 Å². The Kier molecular flexibility index (Phi) is 5.26. The van der Waals surface area contributed by atoms with Gasteiger partial charge in [-0.05, 0) is 26.3 Å². The Hall–Kier alpha value is -1.96. The maximum atomic E-state index is 11.3. The van der Waals surface area contributed by atoms with Crippen LogP contribution in [-0.4, -0.2) is 47.7 Å². The van der Waals surface area contributed by atoms with Gasteiger partial charge in [0, 0.05) is 19.1 Å². The summed E-state index contributed by atoms with van der Waals surface area (Å²) < 4.78 is 5.00. The van der Waals surface area contributed by atoms with E-state index in [1.54, 1.807) is 0 Å². The van der Waals surface area contributed by atoms with Crippen molar-refractivity contribution in [3.63, 3.8) is 0 Å². The summed E-state index contributed by atoms with van der Waals surface area (Å²) >= 11 is 0. The van der Waals surface area contributed by atoms with Gasteiger partial charge < -0.3 is 15.0 Å². The van der Waals surface area contributed by atoms with E-state index in [-0.39, 0.29) is 11.6 Å². The molecule has 1 aliphatic heterocycles. The van der Waals surface area contributed by atoms with Crippen molar-refractivity contribution in [2.45, 2.75) is 32.2 Å². The molecule has 0 aromatic carbocycles. The summed E-state index contributed by atoms with van der Waals surface area (Å²) in [4.78, 5) is 20.7. The Morgan fingerprint density at radius 3 is 2.90 bits per heavy atom. The SMILES string of the molecule is CCN(CC1CCCCN1)c1ncnc(OC)c1[N+](=O)[O-]. The standard InChI is InChI=1S/C13H21N5O3/c1-3-17(8-10-6-4-5-7-14-10)12-11(18(19)20)13(21-2)16-9-15-12/h9-10,14H,3-8H2,1-2H3. The first-order chi connectivity index (χ1) is 10.2. The summed E-state index contributed by atoms with van der Waals surface area (Å²) in [5, 5.41) is 14.8. The number of nitrogens with zero attached hydrogens (tertiary/aromatic N) is 4. The van der Waals surface area contributed by atoms with E-state index in [9.17, 15) is 10.1 Å². The first-order valence-corrected chi connectivity index (χ1v) is 7.19. The maximum Gasteiger partial charge on any atom is 0.372 e. The molecule has 0 radical (unpaired) electrons. The van der Waals surface area contributed by atoms with E-state index < -0.39 is 4.92 Å². The largest absolute Gasteiger partial charge is 0.476 e. The molecule has 1 aromatic rings. The second-order valence-electron chi connectivity index (χ2n) is 5.00. The minimum atomic E-state index is -0.481. The van der Waals surface area contributed by atoms with Crippen LogP contribution in [-0.2, 0) is 0 Å². The Balaban J connectivity index is 2.26. The fraction of sp³-hybridized carbons (Fsp3) is 0.692. The summed E-state index contributed by atoms with van der Waals surface area (Å²) in [5.41, 5.74) is -0.169. The van der Waals surface area contributed by atoms with Crippen molar-refractivity contribution >= 4 is 11.5 Å². The Morgan fingerprint density at radius 2 is 2.33 bits per heavy atom. The van der Waals surface area contributed by atoms with Gasteiger partial charge in [-0.3, -0.25) is 10.1 Å². The molecule has 1 aromatic heterocycles. The zero-order chi connectivity index (χ0) is 15.2. The van der Waals surface area contributed by atoms with E-state index in [2.05, 4.69) is 15.3 Å². The zero-order valence-electron chi connectivity index (χ0n) is 12.4. The molecular weight excluding hydrogens is 274 g/mol. The number of nitrogens with one attached hydrogen (secondary N) is 1. The fourth-order valence-corrected chi connectivity index (χ4v) is 2.61. The monoisotopic (exact) mass is 295 g/mol. The highest BCUT2D eigenvalue weighted by Gasteiger charge is 2.28. The fourth-order valence-electron chi connectivity index (χ4n) is 2.61. The third kappa shape index (κ3) is 3.57. The molecule has 8 nitrogen and oxygen atoms in total. The molecule has 8 heteroatoms. The van der Waals surface area contributed by atoms with Gasteiger partial charge in [0.2, 0.25) is 5.82 Å². The van der Waals surface area contributed by atoms with Crippen LogP contribution in [0.15, 0.2) is 6.33 Å². The molecule has 1 saturated heterocycles. The summed E-state index contributed by atoms with van der Waals surface area (Å²) in [6.45, 7) is 4.29. The van der Waals surface area contributed by atoms with Gasteiger partial charge in [-0.1, -0.05) is 6.42 Å².